The fourth-order valence-corrected chi connectivity index (χ4v) is 2.76. The summed E-state index contributed by atoms with van der Waals surface area (Å²) in [5, 5.41) is 10.4. The van der Waals surface area contributed by atoms with Crippen molar-refractivity contribution in [2.45, 2.75) is 18.4 Å². The number of amides is 1. The van der Waals surface area contributed by atoms with Crippen LogP contribution >= 0.6 is 0 Å². The lowest BCUT2D eigenvalue weighted by molar-refractivity contribution is -0.131. The van der Waals surface area contributed by atoms with Gasteiger partial charge in [0.15, 0.2) is 11.6 Å². The normalized spacial score (nSPS) is 21.4. The molecule has 1 saturated heterocycles. The van der Waals surface area contributed by atoms with E-state index in [1.165, 1.54) is 12.1 Å². The summed E-state index contributed by atoms with van der Waals surface area (Å²) >= 11 is 0. The van der Waals surface area contributed by atoms with E-state index in [4.69, 9.17) is 4.74 Å². The topological polar surface area (TPSA) is 53.0 Å². The van der Waals surface area contributed by atoms with Crippen LogP contribution in [0.4, 0.5) is 4.39 Å². The Balaban J connectivity index is 1.78. The molecule has 6 heteroatoms. The SMILES string of the molecule is CN(C)C[C@@]1(O)CCN(C(=O)CCOc2ccccc2F)C1. The number of para-hydroxylation sites is 1. The van der Waals surface area contributed by atoms with Crippen LogP contribution in [0.5, 0.6) is 5.75 Å². The van der Waals surface area contributed by atoms with Crippen molar-refractivity contribution >= 4 is 5.91 Å². The molecule has 0 aliphatic carbocycles. The van der Waals surface area contributed by atoms with E-state index in [2.05, 4.69) is 0 Å². The lowest BCUT2D eigenvalue weighted by Crippen LogP contribution is -2.43. The molecule has 1 atom stereocenters. The van der Waals surface area contributed by atoms with Gasteiger partial charge in [-0.25, -0.2) is 4.39 Å². The number of nitrogens with zero attached hydrogens (tertiary/aromatic N) is 2. The first-order valence-corrected chi connectivity index (χ1v) is 7.42. The molecule has 1 aliphatic rings. The fraction of sp³-hybridized carbons (Fsp3) is 0.562. The Morgan fingerprint density at radius 1 is 1.45 bits per heavy atom. The average Bonchev–Trinajstić information content (AvgIpc) is 2.82. The second-order valence-electron chi connectivity index (χ2n) is 6.06. The van der Waals surface area contributed by atoms with Gasteiger partial charge in [-0.1, -0.05) is 12.1 Å². The minimum Gasteiger partial charge on any atom is -0.490 e. The summed E-state index contributed by atoms with van der Waals surface area (Å²) < 4.78 is 18.7. The van der Waals surface area contributed by atoms with Gasteiger partial charge in [-0.2, -0.15) is 0 Å². The molecule has 0 aromatic heterocycles. The van der Waals surface area contributed by atoms with E-state index in [1.54, 1.807) is 17.0 Å². The minimum absolute atomic E-state index is 0.0778. The summed E-state index contributed by atoms with van der Waals surface area (Å²) in [6.45, 7) is 1.54. The summed E-state index contributed by atoms with van der Waals surface area (Å²) in [6.07, 6.45) is 0.747. The molecule has 0 saturated carbocycles. The van der Waals surface area contributed by atoms with Gasteiger partial charge in [0, 0.05) is 13.1 Å². The van der Waals surface area contributed by atoms with Crippen LogP contribution in [0.25, 0.3) is 0 Å². The first-order chi connectivity index (χ1) is 10.4. The minimum atomic E-state index is -0.842. The summed E-state index contributed by atoms with van der Waals surface area (Å²) in [5.74, 6) is -0.358. The number of rotatable bonds is 6. The van der Waals surface area contributed by atoms with Crippen molar-refractivity contribution in [1.82, 2.24) is 9.80 Å². The van der Waals surface area contributed by atoms with Crippen molar-refractivity contribution in [3.05, 3.63) is 30.1 Å². The lowest BCUT2D eigenvalue weighted by Gasteiger charge is -2.26. The molecule has 1 amide bonds. The largest absolute Gasteiger partial charge is 0.490 e. The number of hydrogen-bond acceptors (Lipinski definition) is 4. The van der Waals surface area contributed by atoms with Crippen LogP contribution in [0.2, 0.25) is 0 Å². The number of likely N-dealkylation sites (N-methyl/N-ethyl adjacent to an activating group) is 1. The molecule has 0 radical (unpaired) electrons. The predicted molar refractivity (Wildman–Crippen MR) is 81.2 cm³/mol. The molecule has 1 aliphatic heterocycles. The first-order valence-electron chi connectivity index (χ1n) is 7.42. The van der Waals surface area contributed by atoms with Gasteiger partial charge in [0.2, 0.25) is 5.91 Å². The molecule has 0 spiro atoms. The first kappa shape index (κ1) is 16.7. The monoisotopic (exact) mass is 310 g/mol. The van der Waals surface area contributed by atoms with Crippen molar-refractivity contribution < 1.29 is 19.0 Å². The van der Waals surface area contributed by atoms with E-state index >= 15 is 0 Å². The number of benzene rings is 1. The summed E-state index contributed by atoms with van der Waals surface area (Å²) in [4.78, 5) is 15.7. The van der Waals surface area contributed by atoms with E-state index in [0.29, 0.717) is 26.1 Å². The van der Waals surface area contributed by atoms with Crippen LogP contribution in [-0.4, -0.2) is 66.8 Å². The number of carbonyl (C=O) groups excluding carboxylic acids is 1. The molecule has 0 bridgehead atoms. The Hall–Kier alpha value is -1.66. The van der Waals surface area contributed by atoms with Gasteiger partial charge in [-0.15, -0.1) is 0 Å². The molecule has 1 fully saturated rings. The molecule has 22 heavy (non-hydrogen) atoms. The molecular formula is C16H23FN2O3. The smallest absolute Gasteiger partial charge is 0.226 e. The third-order valence-corrected chi connectivity index (χ3v) is 3.71. The number of hydrogen-bond donors (Lipinski definition) is 1. The van der Waals surface area contributed by atoms with E-state index in [9.17, 15) is 14.3 Å². The maximum atomic E-state index is 13.4. The summed E-state index contributed by atoms with van der Waals surface area (Å²) in [5.41, 5.74) is -0.842. The highest BCUT2D eigenvalue weighted by atomic mass is 19.1. The number of β-amino-alcohol motifs (C(OH)–C–C–N with tert-alkyl or cyclic N) is 1. The predicted octanol–water partition coefficient (Wildman–Crippen LogP) is 1.12. The van der Waals surface area contributed by atoms with Crippen molar-refractivity contribution in [2.75, 3.05) is 40.3 Å². The summed E-state index contributed by atoms with van der Waals surface area (Å²) in [7, 11) is 3.79. The molecule has 122 valence electrons. The zero-order valence-electron chi connectivity index (χ0n) is 13.1. The summed E-state index contributed by atoms with van der Waals surface area (Å²) in [6, 6.07) is 6.12. The number of aliphatic hydroxyl groups is 1. The van der Waals surface area contributed by atoms with E-state index in [-0.39, 0.29) is 24.7 Å². The maximum absolute atomic E-state index is 13.4. The number of halogens is 1. The Labute approximate surface area is 130 Å². The lowest BCUT2D eigenvalue weighted by atomic mass is 10.0. The zero-order chi connectivity index (χ0) is 16.2. The molecule has 1 heterocycles. The number of likely N-dealkylation sites (tertiary alicyclic amines) is 1. The van der Waals surface area contributed by atoms with Gasteiger partial charge in [0.25, 0.3) is 0 Å². The highest BCUT2D eigenvalue weighted by molar-refractivity contribution is 5.76. The molecule has 5 nitrogen and oxygen atoms in total. The highest BCUT2D eigenvalue weighted by Crippen LogP contribution is 2.22. The molecule has 2 rings (SSSR count). The standard InChI is InChI=1S/C16H23FN2O3/c1-18(2)11-16(21)8-9-19(12-16)15(20)7-10-22-14-6-4-3-5-13(14)17/h3-6,21H,7-12H2,1-2H3/t16-/m0/s1. The van der Waals surface area contributed by atoms with Crippen LogP contribution in [0.15, 0.2) is 24.3 Å². The van der Waals surface area contributed by atoms with Gasteiger partial charge in [-0.3, -0.25) is 4.79 Å². The Bertz CT molecular complexity index is 524. The van der Waals surface area contributed by atoms with Crippen molar-refractivity contribution in [3.63, 3.8) is 0 Å². The molecule has 1 N–H and O–H groups in total. The highest BCUT2D eigenvalue weighted by Gasteiger charge is 2.38. The second-order valence-corrected chi connectivity index (χ2v) is 6.06. The van der Waals surface area contributed by atoms with Crippen LogP contribution < -0.4 is 4.74 Å². The average molecular weight is 310 g/mol. The van der Waals surface area contributed by atoms with Crippen LogP contribution in [-0.2, 0) is 4.79 Å². The van der Waals surface area contributed by atoms with Crippen molar-refractivity contribution in [3.8, 4) is 5.75 Å². The quantitative estimate of drug-likeness (QED) is 0.855. The number of ether oxygens (including phenoxy) is 1. The second kappa shape index (κ2) is 7.07. The number of carbonyl (C=O) groups is 1. The maximum Gasteiger partial charge on any atom is 0.226 e. The van der Waals surface area contributed by atoms with Crippen molar-refractivity contribution in [2.24, 2.45) is 0 Å². The Morgan fingerprint density at radius 2 is 2.18 bits per heavy atom. The van der Waals surface area contributed by atoms with Gasteiger partial charge in [0.1, 0.15) is 0 Å². The van der Waals surface area contributed by atoms with E-state index in [1.807, 2.05) is 19.0 Å². The Kier molecular flexibility index (Phi) is 5.37. The van der Waals surface area contributed by atoms with Gasteiger partial charge >= 0.3 is 0 Å². The fourth-order valence-electron chi connectivity index (χ4n) is 2.76. The van der Waals surface area contributed by atoms with E-state index in [0.717, 1.165) is 0 Å². The molecule has 1 aromatic carbocycles. The van der Waals surface area contributed by atoms with E-state index < -0.39 is 11.4 Å². The van der Waals surface area contributed by atoms with Gasteiger partial charge < -0.3 is 19.6 Å². The van der Waals surface area contributed by atoms with Crippen LogP contribution in [0.3, 0.4) is 0 Å². The van der Waals surface area contributed by atoms with Gasteiger partial charge in [-0.05, 0) is 32.6 Å². The zero-order valence-corrected chi connectivity index (χ0v) is 13.1. The molecular weight excluding hydrogens is 287 g/mol. The third kappa shape index (κ3) is 4.42. The third-order valence-electron chi connectivity index (χ3n) is 3.71. The Morgan fingerprint density at radius 3 is 2.86 bits per heavy atom. The molecule has 1 aromatic rings. The van der Waals surface area contributed by atoms with Crippen molar-refractivity contribution in [1.29, 1.82) is 0 Å². The van der Waals surface area contributed by atoms with Crippen LogP contribution in [0, 0.1) is 5.82 Å². The molecule has 0 unspecified atom stereocenters. The van der Waals surface area contributed by atoms with Crippen LogP contribution in [0.1, 0.15) is 12.8 Å². The van der Waals surface area contributed by atoms with Gasteiger partial charge in [0.05, 0.1) is 25.2 Å².